The molecule has 3 atom stereocenters. The molecule has 4 nitrogen and oxygen atoms in total. The van der Waals surface area contributed by atoms with E-state index in [0.717, 1.165) is 45.2 Å². The second kappa shape index (κ2) is 7.91. The number of nitrogens with zero attached hydrogens (tertiary/aromatic N) is 1. The lowest BCUT2D eigenvalue weighted by Crippen LogP contribution is -2.46. The fourth-order valence-electron chi connectivity index (χ4n) is 4.40. The summed E-state index contributed by atoms with van der Waals surface area (Å²) in [6.45, 7) is 5.09. The molecular formula is C17H32N2O2. The van der Waals surface area contributed by atoms with E-state index < -0.39 is 0 Å². The van der Waals surface area contributed by atoms with Crippen LogP contribution < -0.4 is 5.32 Å². The molecular weight excluding hydrogens is 264 g/mol. The zero-order valence-electron chi connectivity index (χ0n) is 13.3. The van der Waals surface area contributed by atoms with Crippen molar-refractivity contribution in [3.8, 4) is 0 Å². The molecule has 21 heavy (non-hydrogen) atoms. The smallest absolute Gasteiger partial charge is 0.0679 e. The first-order valence-corrected chi connectivity index (χ1v) is 9.06. The molecule has 3 aliphatic rings. The van der Waals surface area contributed by atoms with Crippen molar-refractivity contribution in [2.45, 2.75) is 69.6 Å². The molecule has 0 bridgehead atoms. The number of nitrogens with one attached hydrogen (secondary N) is 1. The van der Waals surface area contributed by atoms with Crippen LogP contribution in [0.2, 0.25) is 0 Å². The first kappa shape index (κ1) is 15.7. The Morgan fingerprint density at radius 1 is 1.10 bits per heavy atom. The maximum atomic E-state index is 9.73. The molecule has 2 N–H and O–H groups in total. The monoisotopic (exact) mass is 296 g/mol. The Morgan fingerprint density at radius 2 is 1.95 bits per heavy atom. The molecule has 0 aromatic carbocycles. The minimum atomic E-state index is -0.0835. The van der Waals surface area contributed by atoms with Crippen LogP contribution in [0.25, 0.3) is 0 Å². The maximum Gasteiger partial charge on any atom is 0.0679 e. The van der Waals surface area contributed by atoms with Crippen molar-refractivity contribution in [2.24, 2.45) is 5.92 Å². The number of hydrogen-bond acceptors (Lipinski definition) is 4. The summed E-state index contributed by atoms with van der Waals surface area (Å²) in [5.74, 6) is 0.897. The van der Waals surface area contributed by atoms with E-state index in [1.165, 1.54) is 44.9 Å². The van der Waals surface area contributed by atoms with Crippen LogP contribution in [0.3, 0.4) is 0 Å². The summed E-state index contributed by atoms with van der Waals surface area (Å²) in [4.78, 5) is 2.52. The van der Waals surface area contributed by atoms with Crippen LogP contribution in [0.15, 0.2) is 0 Å². The molecule has 1 aliphatic carbocycles. The molecule has 0 radical (unpaired) electrons. The summed E-state index contributed by atoms with van der Waals surface area (Å²) in [6, 6.07) is 1.33. The van der Waals surface area contributed by atoms with Gasteiger partial charge in [0.1, 0.15) is 0 Å². The molecule has 122 valence electrons. The molecule has 1 saturated carbocycles. The number of hydrogen-bond donors (Lipinski definition) is 2. The predicted molar refractivity (Wildman–Crippen MR) is 84.4 cm³/mol. The van der Waals surface area contributed by atoms with E-state index in [4.69, 9.17) is 4.74 Å². The molecule has 0 amide bonds. The lowest BCUT2D eigenvalue weighted by molar-refractivity contribution is 0.0632. The summed E-state index contributed by atoms with van der Waals surface area (Å²) < 4.78 is 5.43. The summed E-state index contributed by atoms with van der Waals surface area (Å²) >= 11 is 0. The van der Waals surface area contributed by atoms with Gasteiger partial charge in [0.25, 0.3) is 0 Å². The summed E-state index contributed by atoms with van der Waals surface area (Å²) in [6.07, 6.45) is 10.0. The van der Waals surface area contributed by atoms with Crippen molar-refractivity contribution in [1.29, 1.82) is 0 Å². The average molecular weight is 296 g/mol. The minimum Gasteiger partial charge on any atom is -0.392 e. The molecule has 0 spiro atoms. The predicted octanol–water partition coefficient (Wildman–Crippen LogP) is 1.77. The van der Waals surface area contributed by atoms with Gasteiger partial charge in [-0.05, 0) is 57.4 Å². The third-order valence-electron chi connectivity index (χ3n) is 5.68. The maximum absolute atomic E-state index is 9.73. The van der Waals surface area contributed by atoms with E-state index in [2.05, 4.69) is 10.2 Å². The van der Waals surface area contributed by atoms with E-state index in [-0.39, 0.29) is 6.10 Å². The standard InChI is InChI=1S/C17H32N2O2/c20-15-6-10-19(13-15)17-5-1-4-16(17)18-9-2-3-14-7-11-21-12-8-14/h14-18,20H,1-13H2/t15?,16-,17+/m1/s1. The van der Waals surface area contributed by atoms with Gasteiger partial charge in [-0.2, -0.15) is 0 Å². The van der Waals surface area contributed by atoms with Crippen molar-refractivity contribution >= 4 is 0 Å². The van der Waals surface area contributed by atoms with E-state index in [1.807, 2.05) is 0 Å². The SMILES string of the molecule is OC1CCN([C@H]2CCC[C@H]2NCCCC2CCOCC2)C1. The van der Waals surface area contributed by atoms with Gasteiger partial charge in [0.2, 0.25) is 0 Å². The van der Waals surface area contributed by atoms with Gasteiger partial charge < -0.3 is 15.2 Å². The number of likely N-dealkylation sites (tertiary alicyclic amines) is 1. The van der Waals surface area contributed by atoms with Crippen molar-refractivity contribution in [2.75, 3.05) is 32.8 Å². The van der Waals surface area contributed by atoms with Gasteiger partial charge in [-0.1, -0.05) is 6.42 Å². The van der Waals surface area contributed by atoms with Crippen molar-refractivity contribution < 1.29 is 9.84 Å². The summed E-state index contributed by atoms with van der Waals surface area (Å²) in [7, 11) is 0. The lowest BCUT2D eigenvalue weighted by atomic mass is 9.95. The molecule has 1 unspecified atom stereocenters. The molecule has 4 heteroatoms. The van der Waals surface area contributed by atoms with Crippen LogP contribution in [-0.2, 0) is 4.74 Å². The second-order valence-electron chi connectivity index (χ2n) is 7.19. The third-order valence-corrected chi connectivity index (χ3v) is 5.68. The highest BCUT2D eigenvalue weighted by Crippen LogP contribution is 2.27. The Bertz CT molecular complexity index is 307. The highest BCUT2D eigenvalue weighted by atomic mass is 16.5. The van der Waals surface area contributed by atoms with Gasteiger partial charge >= 0.3 is 0 Å². The quantitative estimate of drug-likeness (QED) is 0.733. The second-order valence-corrected chi connectivity index (χ2v) is 7.19. The normalized spacial score (nSPS) is 35.6. The van der Waals surface area contributed by atoms with Crippen LogP contribution in [-0.4, -0.2) is 61.0 Å². The van der Waals surface area contributed by atoms with Crippen molar-refractivity contribution in [3.05, 3.63) is 0 Å². The van der Waals surface area contributed by atoms with Gasteiger partial charge in [-0.25, -0.2) is 0 Å². The molecule has 2 heterocycles. The van der Waals surface area contributed by atoms with Crippen molar-refractivity contribution in [3.63, 3.8) is 0 Å². The Labute approximate surface area is 129 Å². The lowest BCUT2D eigenvalue weighted by Gasteiger charge is -2.30. The molecule has 0 aromatic heterocycles. The van der Waals surface area contributed by atoms with Crippen LogP contribution in [0.5, 0.6) is 0 Å². The Hall–Kier alpha value is -0.160. The Morgan fingerprint density at radius 3 is 2.71 bits per heavy atom. The number of aliphatic hydroxyl groups excluding tert-OH is 1. The van der Waals surface area contributed by atoms with Crippen LogP contribution >= 0.6 is 0 Å². The van der Waals surface area contributed by atoms with E-state index in [9.17, 15) is 5.11 Å². The van der Waals surface area contributed by atoms with Crippen LogP contribution in [0.4, 0.5) is 0 Å². The average Bonchev–Trinajstić information content (AvgIpc) is 3.13. The fraction of sp³-hybridized carbons (Fsp3) is 1.00. The van der Waals surface area contributed by atoms with Gasteiger partial charge in [-0.15, -0.1) is 0 Å². The topological polar surface area (TPSA) is 44.7 Å². The fourth-order valence-corrected chi connectivity index (χ4v) is 4.40. The first-order valence-electron chi connectivity index (χ1n) is 9.06. The van der Waals surface area contributed by atoms with Crippen LogP contribution in [0.1, 0.15) is 51.4 Å². The number of β-amino-alcohol motifs (C(OH)–C–C–N with tert-alkyl or cyclic N) is 1. The van der Waals surface area contributed by atoms with Crippen LogP contribution in [0, 0.1) is 5.92 Å². The molecule has 2 saturated heterocycles. The molecule has 0 aromatic rings. The first-order chi connectivity index (χ1) is 10.3. The summed E-state index contributed by atoms with van der Waals surface area (Å²) in [5.41, 5.74) is 0. The van der Waals surface area contributed by atoms with E-state index >= 15 is 0 Å². The van der Waals surface area contributed by atoms with Crippen molar-refractivity contribution in [1.82, 2.24) is 10.2 Å². The van der Waals surface area contributed by atoms with Gasteiger partial charge in [0.15, 0.2) is 0 Å². The largest absolute Gasteiger partial charge is 0.392 e. The Balaban J connectivity index is 1.34. The molecule has 3 rings (SSSR count). The third kappa shape index (κ3) is 4.41. The number of ether oxygens (including phenoxy) is 1. The van der Waals surface area contributed by atoms with Gasteiger partial charge in [-0.3, -0.25) is 4.90 Å². The molecule has 3 fully saturated rings. The zero-order valence-corrected chi connectivity index (χ0v) is 13.3. The van der Waals surface area contributed by atoms with E-state index in [1.54, 1.807) is 0 Å². The number of aliphatic hydroxyl groups is 1. The zero-order chi connectivity index (χ0) is 14.5. The molecule has 2 aliphatic heterocycles. The highest BCUT2D eigenvalue weighted by Gasteiger charge is 2.35. The van der Waals surface area contributed by atoms with E-state index in [0.29, 0.717) is 12.1 Å². The Kier molecular flexibility index (Phi) is 5.92. The van der Waals surface area contributed by atoms with Gasteiger partial charge in [0.05, 0.1) is 6.10 Å². The number of rotatable bonds is 6. The summed E-state index contributed by atoms with van der Waals surface area (Å²) in [5, 5.41) is 13.5. The van der Waals surface area contributed by atoms with Gasteiger partial charge in [0, 0.05) is 38.4 Å². The minimum absolute atomic E-state index is 0.0835. The highest BCUT2D eigenvalue weighted by molar-refractivity contribution is 4.93.